The van der Waals surface area contributed by atoms with Crippen LogP contribution in [-0.4, -0.2) is 33.9 Å². The van der Waals surface area contributed by atoms with Gasteiger partial charge in [-0.3, -0.25) is 14.3 Å². The lowest BCUT2D eigenvalue weighted by Gasteiger charge is -2.13. The SMILES string of the molecule is Cc1nn(C)c(C(=O)N2CCCO2)c1N. The Bertz CT molecular complexity index is 393. The molecular weight excluding hydrogens is 196 g/mol. The predicted molar refractivity (Wildman–Crippen MR) is 54.0 cm³/mol. The molecule has 0 atom stereocenters. The number of nitrogen functional groups attached to an aromatic ring is 1. The zero-order valence-corrected chi connectivity index (χ0v) is 8.86. The van der Waals surface area contributed by atoms with Crippen molar-refractivity contribution in [3.8, 4) is 0 Å². The fraction of sp³-hybridized carbons (Fsp3) is 0.556. The minimum absolute atomic E-state index is 0.215. The van der Waals surface area contributed by atoms with Crippen LogP contribution in [0.4, 0.5) is 5.69 Å². The highest BCUT2D eigenvalue weighted by molar-refractivity contribution is 5.97. The van der Waals surface area contributed by atoms with Gasteiger partial charge >= 0.3 is 0 Å². The van der Waals surface area contributed by atoms with Gasteiger partial charge in [0.15, 0.2) is 5.69 Å². The first-order chi connectivity index (χ1) is 7.11. The Morgan fingerprint density at radius 1 is 1.60 bits per heavy atom. The van der Waals surface area contributed by atoms with Gasteiger partial charge in [-0.1, -0.05) is 0 Å². The molecule has 0 saturated carbocycles. The van der Waals surface area contributed by atoms with Crippen molar-refractivity contribution in [3.05, 3.63) is 11.4 Å². The molecule has 0 unspecified atom stereocenters. The highest BCUT2D eigenvalue weighted by atomic mass is 16.7. The Hall–Kier alpha value is -1.56. The van der Waals surface area contributed by atoms with Crippen LogP contribution in [0.25, 0.3) is 0 Å². The monoisotopic (exact) mass is 210 g/mol. The van der Waals surface area contributed by atoms with Crippen LogP contribution in [0.1, 0.15) is 22.6 Å². The summed E-state index contributed by atoms with van der Waals surface area (Å²) < 4.78 is 1.49. The minimum Gasteiger partial charge on any atom is -0.395 e. The molecule has 1 aromatic rings. The highest BCUT2D eigenvalue weighted by Crippen LogP contribution is 2.19. The minimum atomic E-state index is -0.215. The van der Waals surface area contributed by atoms with Crippen LogP contribution in [-0.2, 0) is 11.9 Å². The molecule has 82 valence electrons. The van der Waals surface area contributed by atoms with E-state index >= 15 is 0 Å². The van der Waals surface area contributed by atoms with Gasteiger partial charge in [-0.2, -0.15) is 5.10 Å². The second-order valence-electron chi connectivity index (χ2n) is 3.57. The zero-order chi connectivity index (χ0) is 11.0. The van der Waals surface area contributed by atoms with Gasteiger partial charge in [0, 0.05) is 7.05 Å². The van der Waals surface area contributed by atoms with Crippen molar-refractivity contribution in [3.63, 3.8) is 0 Å². The van der Waals surface area contributed by atoms with E-state index in [0.717, 1.165) is 6.42 Å². The Labute approximate surface area is 87.6 Å². The van der Waals surface area contributed by atoms with Crippen LogP contribution in [0.5, 0.6) is 0 Å². The number of rotatable bonds is 1. The smallest absolute Gasteiger partial charge is 0.297 e. The van der Waals surface area contributed by atoms with E-state index in [-0.39, 0.29) is 5.91 Å². The van der Waals surface area contributed by atoms with Gasteiger partial charge in [-0.25, -0.2) is 5.06 Å². The molecule has 0 bridgehead atoms. The summed E-state index contributed by atoms with van der Waals surface area (Å²) in [5.74, 6) is -0.215. The van der Waals surface area contributed by atoms with Crippen LogP contribution in [0.3, 0.4) is 0 Å². The van der Waals surface area contributed by atoms with Crippen molar-refractivity contribution in [1.29, 1.82) is 0 Å². The summed E-state index contributed by atoms with van der Waals surface area (Å²) >= 11 is 0. The first-order valence-electron chi connectivity index (χ1n) is 4.85. The summed E-state index contributed by atoms with van der Waals surface area (Å²) in [6.07, 6.45) is 0.864. The van der Waals surface area contributed by atoms with Crippen molar-refractivity contribution in [2.24, 2.45) is 7.05 Å². The molecule has 6 nitrogen and oxygen atoms in total. The number of amides is 1. The number of hydroxylamine groups is 2. The number of carbonyl (C=O) groups excluding carboxylic acids is 1. The molecule has 0 radical (unpaired) electrons. The number of carbonyl (C=O) groups is 1. The quantitative estimate of drug-likeness (QED) is 0.712. The van der Waals surface area contributed by atoms with Crippen LogP contribution >= 0.6 is 0 Å². The van der Waals surface area contributed by atoms with Crippen molar-refractivity contribution >= 4 is 11.6 Å². The van der Waals surface area contributed by atoms with Gasteiger partial charge in [0.2, 0.25) is 0 Å². The fourth-order valence-electron chi connectivity index (χ4n) is 1.65. The van der Waals surface area contributed by atoms with E-state index in [1.807, 2.05) is 0 Å². The zero-order valence-electron chi connectivity index (χ0n) is 8.86. The fourth-order valence-corrected chi connectivity index (χ4v) is 1.65. The third-order valence-corrected chi connectivity index (χ3v) is 2.45. The van der Waals surface area contributed by atoms with Gasteiger partial charge in [0.1, 0.15) is 0 Å². The average molecular weight is 210 g/mol. The van der Waals surface area contributed by atoms with Gasteiger partial charge in [0.05, 0.1) is 24.5 Å². The molecule has 1 aliphatic rings. The van der Waals surface area contributed by atoms with E-state index in [1.54, 1.807) is 14.0 Å². The Kier molecular flexibility index (Phi) is 2.36. The van der Waals surface area contributed by atoms with Crippen molar-refractivity contribution < 1.29 is 9.63 Å². The predicted octanol–water partition coefficient (Wildman–Crippen LogP) is 0.0882. The molecular formula is C9H14N4O2. The third kappa shape index (κ3) is 1.56. The number of anilines is 1. The molecule has 0 spiro atoms. The lowest BCUT2D eigenvalue weighted by molar-refractivity contribution is -0.0773. The van der Waals surface area contributed by atoms with Crippen LogP contribution in [0, 0.1) is 6.92 Å². The van der Waals surface area contributed by atoms with E-state index in [4.69, 9.17) is 10.6 Å². The number of nitrogens with zero attached hydrogens (tertiary/aromatic N) is 3. The molecule has 0 aromatic carbocycles. The number of nitrogens with two attached hydrogens (primary N) is 1. The van der Waals surface area contributed by atoms with E-state index in [1.165, 1.54) is 9.75 Å². The molecule has 1 aromatic heterocycles. The normalized spacial score (nSPS) is 16.0. The van der Waals surface area contributed by atoms with Gasteiger partial charge in [0.25, 0.3) is 5.91 Å². The Morgan fingerprint density at radius 2 is 2.33 bits per heavy atom. The standard InChI is InChI=1S/C9H14N4O2/c1-6-7(10)8(12(2)11-6)9(14)13-4-3-5-15-13/h3-5,10H2,1-2H3. The molecule has 2 N–H and O–H groups in total. The molecule has 1 fully saturated rings. The highest BCUT2D eigenvalue weighted by Gasteiger charge is 2.26. The lowest BCUT2D eigenvalue weighted by atomic mass is 10.3. The van der Waals surface area contributed by atoms with Crippen molar-refractivity contribution in [2.45, 2.75) is 13.3 Å². The van der Waals surface area contributed by atoms with Crippen molar-refractivity contribution in [1.82, 2.24) is 14.8 Å². The molecule has 1 aliphatic heterocycles. The number of aromatic nitrogens is 2. The summed E-state index contributed by atoms with van der Waals surface area (Å²) in [7, 11) is 1.70. The largest absolute Gasteiger partial charge is 0.395 e. The van der Waals surface area contributed by atoms with Crippen LogP contribution < -0.4 is 5.73 Å². The topological polar surface area (TPSA) is 73.4 Å². The first-order valence-corrected chi connectivity index (χ1v) is 4.85. The lowest BCUT2D eigenvalue weighted by Crippen LogP contribution is -2.29. The Morgan fingerprint density at radius 3 is 2.80 bits per heavy atom. The molecule has 6 heteroatoms. The van der Waals surface area contributed by atoms with Crippen LogP contribution in [0.2, 0.25) is 0 Å². The van der Waals surface area contributed by atoms with Gasteiger partial charge < -0.3 is 5.73 Å². The van der Waals surface area contributed by atoms with E-state index < -0.39 is 0 Å². The molecule has 2 rings (SSSR count). The summed E-state index contributed by atoms with van der Waals surface area (Å²) in [4.78, 5) is 17.1. The van der Waals surface area contributed by atoms with E-state index in [2.05, 4.69) is 5.10 Å². The van der Waals surface area contributed by atoms with Crippen molar-refractivity contribution in [2.75, 3.05) is 18.9 Å². The van der Waals surface area contributed by atoms with E-state index in [9.17, 15) is 4.79 Å². The summed E-state index contributed by atoms with van der Waals surface area (Å²) in [5.41, 5.74) is 7.28. The van der Waals surface area contributed by atoms with Gasteiger partial charge in [-0.05, 0) is 13.3 Å². The maximum absolute atomic E-state index is 12.0. The molecule has 0 aliphatic carbocycles. The molecule has 1 saturated heterocycles. The number of hydrogen-bond donors (Lipinski definition) is 1. The Balaban J connectivity index is 2.32. The molecule has 2 heterocycles. The maximum Gasteiger partial charge on any atom is 0.297 e. The summed E-state index contributed by atoms with van der Waals surface area (Å²) in [6.45, 7) is 2.97. The van der Waals surface area contributed by atoms with Gasteiger partial charge in [-0.15, -0.1) is 0 Å². The maximum atomic E-state index is 12.0. The second-order valence-corrected chi connectivity index (χ2v) is 3.57. The molecule has 1 amide bonds. The number of aryl methyl sites for hydroxylation is 2. The second kappa shape index (κ2) is 3.54. The summed E-state index contributed by atoms with van der Waals surface area (Å²) in [6, 6.07) is 0. The van der Waals surface area contributed by atoms with Crippen LogP contribution in [0.15, 0.2) is 0 Å². The summed E-state index contributed by atoms with van der Waals surface area (Å²) in [5, 5.41) is 5.43. The first kappa shape index (κ1) is 9.97. The third-order valence-electron chi connectivity index (χ3n) is 2.45. The molecule has 15 heavy (non-hydrogen) atoms. The van der Waals surface area contributed by atoms with E-state index in [0.29, 0.717) is 30.2 Å². The number of hydrogen-bond acceptors (Lipinski definition) is 4. The average Bonchev–Trinajstić information content (AvgIpc) is 2.76.